The Morgan fingerprint density at radius 2 is 1.83 bits per heavy atom. The van der Waals surface area contributed by atoms with Gasteiger partial charge < -0.3 is 5.32 Å². The third-order valence-corrected chi connectivity index (χ3v) is 1.83. The Bertz CT molecular complexity index is 62.3. The second kappa shape index (κ2) is 0.784. The molecule has 1 nitrogen and oxygen atoms in total. The van der Waals surface area contributed by atoms with Crippen LogP contribution in [0.3, 0.4) is 0 Å². The molecule has 6 heavy (non-hydrogen) atoms. The summed E-state index contributed by atoms with van der Waals surface area (Å²) in [7, 11) is 0. The second-order valence-electron chi connectivity index (χ2n) is 2.31. The van der Waals surface area contributed by atoms with E-state index in [1.165, 1.54) is 19.3 Å². The molecule has 0 radical (unpaired) electrons. The minimum Gasteiger partial charge on any atom is -0.308 e. The van der Waals surface area contributed by atoms with Crippen LogP contribution in [0.15, 0.2) is 0 Å². The predicted octanol–water partition coefficient (Wildman–Crippen LogP) is 0.511. The summed E-state index contributed by atoms with van der Waals surface area (Å²) in [4.78, 5) is 0. The van der Waals surface area contributed by atoms with Crippen molar-refractivity contribution in [1.82, 2.24) is 5.32 Å². The van der Waals surface area contributed by atoms with E-state index in [2.05, 4.69) is 5.32 Å². The lowest BCUT2D eigenvalue weighted by atomic mass is 10.3. The standard InChI is InChI=1S/C5H9N/c1-2-4-5(3-1)6-4/h4-6H,1-3H2/t4-,5-/m1/s1. The zero-order valence-corrected chi connectivity index (χ0v) is 3.78. The minimum atomic E-state index is 0.963. The number of hydrogen-bond acceptors (Lipinski definition) is 1. The third-order valence-electron chi connectivity index (χ3n) is 1.83. The molecule has 1 heteroatoms. The van der Waals surface area contributed by atoms with Crippen LogP contribution in [-0.2, 0) is 0 Å². The molecule has 0 aromatic rings. The molecule has 0 amide bonds. The van der Waals surface area contributed by atoms with E-state index >= 15 is 0 Å². The van der Waals surface area contributed by atoms with Crippen molar-refractivity contribution >= 4 is 0 Å². The van der Waals surface area contributed by atoms with Crippen LogP contribution in [0.1, 0.15) is 19.3 Å². The van der Waals surface area contributed by atoms with Gasteiger partial charge in [0, 0.05) is 12.1 Å². The maximum absolute atomic E-state index is 3.37. The third kappa shape index (κ3) is 0.243. The summed E-state index contributed by atoms with van der Waals surface area (Å²) in [6, 6.07) is 1.93. The average molecular weight is 83.1 g/mol. The summed E-state index contributed by atoms with van der Waals surface area (Å²) in [5, 5.41) is 3.37. The Balaban J connectivity index is 2.09. The van der Waals surface area contributed by atoms with E-state index in [1.807, 2.05) is 0 Å². The van der Waals surface area contributed by atoms with Gasteiger partial charge in [-0.3, -0.25) is 0 Å². The summed E-state index contributed by atoms with van der Waals surface area (Å²) >= 11 is 0. The molecule has 1 aliphatic carbocycles. The predicted molar refractivity (Wildman–Crippen MR) is 24.6 cm³/mol. The molecule has 2 fully saturated rings. The lowest BCUT2D eigenvalue weighted by molar-refractivity contribution is 0.742. The van der Waals surface area contributed by atoms with Gasteiger partial charge in [0.05, 0.1) is 0 Å². The topological polar surface area (TPSA) is 21.9 Å². The molecular formula is C5H9N. The lowest BCUT2D eigenvalue weighted by Crippen LogP contribution is -1.88. The number of nitrogens with one attached hydrogen (secondary N) is 1. The van der Waals surface area contributed by atoms with Crippen LogP contribution < -0.4 is 5.32 Å². The van der Waals surface area contributed by atoms with Crippen LogP contribution in [-0.4, -0.2) is 12.1 Å². The molecule has 2 rings (SSSR count). The smallest absolute Gasteiger partial charge is 0.0224 e. The van der Waals surface area contributed by atoms with E-state index in [0.29, 0.717) is 0 Å². The highest BCUT2D eigenvalue weighted by Gasteiger charge is 2.39. The van der Waals surface area contributed by atoms with Crippen LogP contribution >= 0.6 is 0 Å². The molecule has 2 aliphatic rings. The molecule has 1 saturated carbocycles. The van der Waals surface area contributed by atoms with Crippen molar-refractivity contribution in [3.63, 3.8) is 0 Å². The van der Waals surface area contributed by atoms with E-state index < -0.39 is 0 Å². The van der Waals surface area contributed by atoms with Crippen LogP contribution in [0.4, 0.5) is 0 Å². The SMILES string of the molecule is C1C[C@H]2N[C@@H]2C1. The summed E-state index contributed by atoms with van der Waals surface area (Å²) in [6.45, 7) is 0. The second-order valence-corrected chi connectivity index (χ2v) is 2.31. The van der Waals surface area contributed by atoms with Crippen LogP contribution in [0.2, 0.25) is 0 Å². The molecule has 34 valence electrons. The Morgan fingerprint density at radius 3 is 2.00 bits per heavy atom. The summed E-state index contributed by atoms with van der Waals surface area (Å²) in [6.07, 6.45) is 4.37. The summed E-state index contributed by atoms with van der Waals surface area (Å²) < 4.78 is 0. The molecule has 2 atom stereocenters. The Hall–Kier alpha value is -0.0400. The van der Waals surface area contributed by atoms with Gasteiger partial charge in [-0.2, -0.15) is 0 Å². The largest absolute Gasteiger partial charge is 0.308 e. The summed E-state index contributed by atoms with van der Waals surface area (Å²) in [5.41, 5.74) is 0. The molecule has 1 N–H and O–H groups in total. The van der Waals surface area contributed by atoms with Gasteiger partial charge in [0.2, 0.25) is 0 Å². The maximum atomic E-state index is 3.37. The Labute approximate surface area is 37.7 Å². The molecule has 0 unspecified atom stereocenters. The van der Waals surface area contributed by atoms with E-state index in [1.54, 1.807) is 0 Å². The van der Waals surface area contributed by atoms with Crippen molar-refractivity contribution in [1.29, 1.82) is 0 Å². The van der Waals surface area contributed by atoms with Crippen molar-refractivity contribution < 1.29 is 0 Å². The molecular weight excluding hydrogens is 74.1 g/mol. The zero-order chi connectivity index (χ0) is 3.98. The lowest BCUT2D eigenvalue weighted by Gasteiger charge is -1.82. The molecule has 0 spiro atoms. The van der Waals surface area contributed by atoms with Gasteiger partial charge in [-0.05, 0) is 12.8 Å². The molecule has 1 saturated heterocycles. The molecule has 1 heterocycles. The van der Waals surface area contributed by atoms with E-state index in [-0.39, 0.29) is 0 Å². The van der Waals surface area contributed by atoms with Gasteiger partial charge in [0.25, 0.3) is 0 Å². The summed E-state index contributed by atoms with van der Waals surface area (Å²) in [5.74, 6) is 0. The first-order valence-electron chi connectivity index (χ1n) is 2.73. The fourth-order valence-electron chi connectivity index (χ4n) is 1.35. The van der Waals surface area contributed by atoms with Gasteiger partial charge in [0.15, 0.2) is 0 Å². The molecule has 0 bridgehead atoms. The van der Waals surface area contributed by atoms with Crippen LogP contribution in [0.5, 0.6) is 0 Å². The van der Waals surface area contributed by atoms with E-state index in [9.17, 15) is 0 Å². The van der Waals surface area contributed by atoms with E-state index in [0.717, 1.165) is 12.1 Å². The first kappa shape index (κ1) is 3.03. The Kier molecular flexibility index (Phi) is 0.396. The molecule has 1 aliphatic heterocycles. The van der Waals surface area contributed by atoms with E-state index in [4.69, 9.17) is 0 Å². The first-order chi connectivity index (χ1) is 2.97. The van der Waals surface area contributed by atoms with Gasteiger partial charge in [-0.15, -0.1) is 0 Å². The normalized spacial score (nSPS) is 52.0. The monoisotopic (exact) mass is 83.1 g/mol. The van der Waals surface area contributed by atoms with Crippen molar-refractivity contribution in [2.75, 3.05) is 0 Å². The molecule has 0 aromatic heterocycles. The Morgan fingerprint density at radius 1 is 1.17 bits per heavy atom. The van der Waals surface area contributed by atoms with Gasteiger partial charge in [-0.25, -0.2) is 0 Å². The highest BCUT2D eigenvalue weighted by atomic mass is 15.2. The number of fused-ring (bicyclic) bond motifs is 1. The molecule has 0 aromatic carbocycles. The quantitative estimate of drug-likeness (QED) is 0.423. The number of rotatable bonds is 0. The average Bonchev–Trinajstić information content (AvgIpc) is 2.17. The van der Waals surface area contributed by atoms with Gasteiger partial charge >= 0.3 is 0 Å². The van der Waals surface area contributed by atoms with Crippen molar-refractivity contribution in [2.24, 2.45) is 0 Å². The number of piperidine rings is 1. The van der Waals surface area contributed by atoms with Crippen LogP contribution in [0, 0.1) is 0 Å². The van der Waals surface area contributed by atoms with Crippen molar-refractivity contribution in [3.05, 3.63) is 0 Å². The van der Waals surface area contributed by atoms with Gasteiger partial charge in [-0.1, -0.05) is 6.42 Å². The maximum Gasteiger partial charge on any atom is 0.0224 e. The van der Waals surface area contributed by atoms with Crippen LogP contribution in [0.25, 0.3) is 0 Å². The first-order valence-corrected chi connectivity index (χ1v) is 2.73. The van der Waals surface area contributed by atoms with Gasteiger partial charge in [0.1, 0.15) is 0 Å². The minimum absolute atomic E-state index is 0.963. The van der Waals surface area contributed by atoms with Crippen molar-refractivity contribution in [2.45, 2.75) is 31.3 Å². The zero-order valence-electron chi connectivity index (χ0n) is 3.78. The fourth-order valence-corrected chi connectivity index (χ4v) is 1.35. The van der Waals surface area contributed by atoms with Crippen molar-refractivity contribution in [3.8, 4) is 0 Å². The highest BCUT2D eigenvalue weighted by Crippen LogP contribution is 2.29. The fraction of sp³-hybridized carbons (Fsp3) is 1.00. The highest BCUT2D eigenvalue weighted by molar-refractivity contribution is 5.02. The number of hydrogen-bond donors (Lipinski definition) is 1.